The van der Waals surface area contributed by atoms with Crippen molar-refractivity contribution in [2.24, 2.45) is 0 Å². The second-order valence-electron chi connectivity index (χ2n) is 8.42. The molecule has 0 spiro atoms. The van der Waals surface area contributed by atoms with Gasteiger partial charge in [0, 0.05) is 12.8 Å². The SMILES string of the molecule is COCCOC(=O)c1sc2ncn(CC(=O)Nc3ccc(C(C)(C)C)cc3)c(=O)c2c1C. The normalized spacial score (nSPS) is 11.5. The number of benzene rings is 1. The van der Waals surface area contributed by atoms with Gasteiger partial charge in [0.1, 0.15) is 22.9 Å². The van der Waals surface area contributed by atoms with Crippen molar-refractivity contribution in [2.45, 2.75) is 39.7 Å². The first-order valence-electron chi connectivity index (χ1n) is 10.2. The number of carbonyl (C=O) groups is 2. The van der Waals surface area contributed by atoms with Gasteiger partial charge >= 0.3 is 5.97 Å². The number of ether oxygens (including phenoxy) is 2. The first kappa shape index (κ1) is 23.6. The first-order chi connectivity index (χ1) is 15.1. The average Bonchev–Trinajstić information content (AvgIpc) is 3.07. The molecular formula is C23H27N3O5S. The van der Waals surface area contributed by atoms with Crippen LogP contribution in [0, 0.1) is 6.92 Å². The van der Waals surface area contributed by atoms with Crippen LogP contribution >= 0.6 is 11.3 Å². The van der Waals surface area contributed by atoms with Crippen molar-refractivity contribution in [1.29, 1.82) is 0 Å². The van der Waals surface area contributed by atoms with Gasteiger partial charge in [-0.3, -0.25) is 14.2 Å². The van der Waals surface area contributed by atoms with Crippen LogP contribution in [-0.4, -0.2) is 41.8 Å². The number of aryl methyl sites for hydroxylation is 1. The summed E-state index contributed by atoms with van der Waals surface area (Å²) in [5, 5.41) is 3.12. The number of anilines is 1. The monoisotopic (exact) mass is 457 g/mol. The van der Waals surface area contributed by atoms with Crippen molar-refractivity contribution in [3.05, 3.63) is 57.0 Å². The second kappa shape index (κ2) is 9.62. The summed E-state index contributed by atoms with van der Waals surface area (Å²) in [4.78, 5) is 42.8. The molecule has 3 aromatic rings. The number of amides is 1. The van der Waals surface area contributed by atoms with Gasteiger partial charge in [0.25, 0.3) is 5.56 Å². The summed E-state index contributed by atoms with van der Waals surface area (Å²) < 4.78 is 11.3. The van der Waals surface area contributed by atoms with Gasteiger partial charge in [0.15, 0.2) is 0 Å². The van der Waals surface area contributed by atoms with Gasteiger partial charge in [-0.25, -0.2) is 9.78 Å². The number of hydrogen-bond acceptors (Lipinski definition) is 7. The fourth-order valence-corrected chi connectivity index (χ4v) is 4.19. The Morgan fingerprint density at radius 1 is 1.16 bits per heavy atom. The largest absolute Gasteiger partial charge is 0.459 e. The van der Waals surface area contributed by atoms with E-state index in [0.29, 0.717) is 26.3 Å². The molecule has 0 fully saturated rings. The van der Waals surface area contributed by atoms with Crippen molar-refractivity contribution < 1.29 is 19.1 Å². The third-order valence-electron chi connectivity index (χ3n) is 4.97. The number of hydrogen-bond donors (Lipinski definition) is 1. The molecule has 2 heterocycles. The van der Waals surface area contributed by atoms with Crippen LogP contribution in [0.5, 0.6) is 0 Å². The van der Waals surface area contributed by atoms with E-state index in [1.807, 2.05) is 24.3 Å². The quantitative estimate of drug-likeness (QED) is 0.431. The van der Waals surface area contributed by atoms with Gasteiger partial charge in [-0.15, -0.1) is 11.3 Å². The lowest BCUT2D eigenvalue weighted by Crippen LogP contribution is -2.28. The van der Waals surface area contributed by atoms with Crippen LogP contribution in [0.3, 0.4) is 0 Å². The van der Waals surface area contributed by atoms with Crippen LogP contribution < -0.4 is 10.9 Å². The third kappa shape index (κ3) is 5.23. The highest BCUT2D eigenvalue weighted by Crippen LogP contribution is 2.27. The molecule has 0 saturated carbocycles. The van der Waals surface area contributed by atoms with Gasteiger partial charge in [-0.2, -0.15) is 0 Å². The summed E-state index contributed by atoms with van der Waals surface area (Å²) in [6.07, 6.45) is 1.32. The van der Waals surface area contributed by atoms with E-state index in [0.717, 1.165) is 16.9 Å². The zero-order chi connectivity index (χ0) is 23.5. The molecule has 0 radical (unpaired) electrons. The molecule has 0 atom stereocenters. The fourth-order valence-electron chi connectivity index (χ4n) is 3.16. The van der Waals surface area contributed by atoms with E-state index >= 15 is 0 Å². The molecular weight excluding hydrogens is 430 g/mol. The maximum atomic E-state index is 13.0. The number of methoxy groups -OCH3 is 1. The number of fused-ring (bicyclic) bond motifs is 1. The predicted molar refractivity (Wildman–Crippen MR) is 125 cm³/mol. The third-order valence-corrected chi connectivity index (χ3v) is 6.15. The molecule has 0 aliphatic carbocycles. The Bertz CT molecular complexity index is 1190. The summed E-state index contributed by atoms with van der Waals surface area (Å²) in [7, 11) is 1.52. The fraction of sp³-hybridized carbons (Fsp3) is 0.391. The molecule has 1 amide bonds. The van der Waals surface area contributed by atoms with Crippen molar-refractivity contribution >= 4 is 39.1 Å². The van der Waals surface area contributed by atoms with E-state index in [1.54, 1.807) is 6.92 Å². The van der Waals surface area contributed by atoms with E-state index in [4.69, 9.17) is 9.47 Å². The Labute approximate surface area is 190 Å². The maximum Gasteiger partial charge on any atom is 0.348 e. The van der Waals surface area contributed by atoms with Gasteiger partial charge < -0.3 is 14.8 Å². The minimum absolute atomic E-state index is 0.0182. The van der Waals surface area contributed by atoms with Crippen LogP contribution in [0.25, 0.3) is 10.2 Å². The van der Waals surface area contributed by atoms with E-state index in [2.05, 4.69) is 31.1 Å². The second-order valence-corrected chi connectivity index (χ2v) is 9.42. The number of rotatable bonds is 7. The summed E-state index contributed by atoms with van der Waals surface area (Å²) in [6, 6.07) is 7.62. The minimum atomic E-state index is -0.523. The first-order valence-corrected chi connectivity index (χ1v) is 11.0. The summed E-state index contributed by atoms with van der Waals surface area (Å²) >= 11 is 1.10. The number of aromatic nitrogens is 2. The highest BCUT2D eigenvalue weighted by atomic mass is 32.1. The Morgan fingerprint density at radius 2 is 1.84 bits per heavy atom. The zero-order valence-corrected chi connectivity index (χ0v) is 19.7. The number of esters is 1. The van der Waals surface area contributed by atoms with E-state index in [-0.39, 0.29) is 36.6 Å². The van der Waals surface area contributed by atoms with Crippen molar-refractivity contribution in [2.75, 3.05) is 25.6 Å². The molecule has 0 aliphatic rings. The Morgan fingerprint density at radius 3 is 2.47 bits per heavy atom. The number of nitrogens with zero attached hydrogens (tertiary/aromatic N) is 2. The standard InChI is InChI=1S/C23H27N3O5S/c1-14-18-20(32-19(14)22(29)31-11-10-30-5)24-13-26(21(18)28)12-17(27)25-16-8-6-15(7-9-16)23(2,3)4/h6-9,13H,10-12H2,1-5H3,(H,25,27). The average molecular weight is 458 g/mol. The van der Waals surface area contributed by atoms with Crippen molar-refractivity contribution in [1.82, 2.24) is 9.55 Å². The number of thiophene rings is 1. The highest BCUT2D eigenvalue weighted by molar-refractivity contribution is 7.20. The van der Waals surface area contributed by atoms with Crippen LogP contribution in [0.4, 0.5) is 5.69 Å². The molecule has 1 aromatic carbocycles. The molecule has 8 nitrogen and oxygen atoms in total. The summed E-state index contributed by atoms with van der Waals surface area (Å²) in [5.41, 5.74) is 1.95. The molecule has 3 rings (SSSR count). The number of carbonyl (C=O) groups excluding carboxylic acids is 2. The van der Waals surface area contributed by atoms with Gasteiger partial charge in [-0.1, -0.05) is 32.9 Å². The van der Waals surface area contributed by atoms with E-state index in [1.165, 1.54) is 18.0 Å². The van der Waals surface area contributed by atoms with Crippen LogP contribution in [0.2, 0.25) is 0 Å². The molecule has 1 N–H and O–H groups in total. The van der Waals surface area contributed by atoms with Gasteiger partial charge in [0.2, 0.25) is 5.91 Å². The molecule has 0 saturated heterocycles. The van der Waals surface area contributed by atoms with Crippen LogP contribution in [0.15, 0.2) is 35.4 Å². The van der Waals surface area contributed by atoms with Crippen LogP contribution in [0.1, 0.15) is 41.6 Å². The number of nitrogens with one attached hydrogen (secondary N) is 1. The lowest BCUT2D eigenvalue weighted by Gasteiger charge is -2.19. The minimum Gasteiger partial charge on any atom is -0.459 e. The molecule has 2 aromatic heterocycles. The molecule has 0 bridgehead atoms. The lowest BCUT2D eigenvalue weighted by molar-refractivity contribution is -0.116. The smallest absolute Gasteiger partial charge is 0.348 e. The van der Waals surface area contributed by atoms with Gasteiger partial charge in [-0.05, 0) is 35.6 Å². The highest BCUT2D eigenvalue weighted by Gasteiger charge is 2.21. The van der Waals surface area contributed by atoms with Crippen LogP contribution in [-0.2, 0) is 26.2 Å². The molecule has 32 heavy (non-hydrogen) atoms. The predicted octanol–water partition coefficient (Wildman–Crippen LogP) is 3.51. The van der Waals surface area contributed by atoms with E-state index < -0.39 is 5.97 Å². The molecule has 9 heteroatoms. The molecule has 0 unspecified atom stereocenters. The molecule has 0 aliphatic heterocycles. The Kier molecular flexibility index (Phi) is 7.10. The maximum absolute atomic E-state index is 13.0. The Hall–Kier alpha value is -3.04. The zero-order valence-electron chi connectivity index (χ0n) is 18.9. The topological polar surface area (TPSA) is 99.5 Å². The summed E-state index contributed by atoms with van der Waals surface area (Å²) in [6.45, 7) is 8.25. The van der Waals surface area contributed by atoms with Crippen molar-refractivity contribution in [3.63, 3.8) is 0 Å². The summed E-state index contributed by atoms with van der Waals surface area (Å²) in [5.74, 6) is -0.867. The van der Waals surface area contributed by atoms with Crippen molar-refractivity contribution in [3.8, 4) is 0 Å². The Balaban J connectivity index is 1.77. The molecule has 170 valence electrons. The van der Waals surface area contributed by atoms with E-state index in [9.17, 15) is 14.4 Å². The lowest BCUT2D eigenvalue weighted by atomic mass is 9.87. The van der Waals surface area contributed by atoms with Gasteiger partial charge in [0.05, 0.1) is 18.3 Å².